The fourth-order valence-corrected chi connectivity index (χ4v) is 1.80. The third kappa shape index (κ3) is 3.06. The van der Waals surface area contributed by atoms with Crippen molar-refractivity contribution in [2.24, 2.45) is 5.92 Å². The van der Waals surface area contributed by atoms with Gasteiger partial charge in [-0.15, -0.1) is 0 Å². The van der Waals surface area contributed by atoms with Crippen LogP contribution in [0.25, 0.3) is 10.9 Å². The minimum Gasteiger partial charge on any atom is -0.399 e. The molecule has 0 fully saturated rings. The summed E-state index contributed by atoms with van der Waals surface area (Å²) in [6, 6.07) is 7.18. The number of carbonyl (C=O) groups excluding carboxylic acids is 1. The number of carbonyl (C=O) groups is 1. The third-order valence-electron chi connectivity index (χ3n) is 3.13. The van der Waals surface area contributed by atoms with Gasteiger partial charge >= 0.3 is 0 Å². The molecule has 1 aromatic carbocycles. The maximum absolute atomic E-state index is 11.9. The monoisotopic (exact) mass is 261 g/mol. The molecule has 1 heterocycles. The van der Waals surface area contributed by atoms with Gasteiger partial charge < -0.3 is 21.1 Å². The Labute approximate surface area is 111 Å². The molecule has 0 radical (unpaired) electrons. The van der Waals surface area contributed by atoms with Crippen LogP contribution in [0.15, 0.2) is 24.3 Å². The van der Waals surface area contributed by atoms with E-state index < -0.39 is 6.10 Å². The van der Waals surface area contributed by atoms with E-state index in [1.54, 1.807) is 12.1 Å². The van der Waals surface area contributed by atoms with Gasteiger partial charge in [0.25, 0.3) is 5.91 Å². The number of aromatic nitrogens is 1. The van der Waals surface area contributed by atoms with Crippen LogP contribution in [0.2, 0.25) is 0 Å². The largest absolute Gasteiger partial charge is 0.399 e. The van der Waals surface area contributed by atoms with Crippen molar-refractivity contribution in [2.75, 3.05) is 12.3 Å². The van der Waals surface area contributed by atoms with E-state index in [0.717, 1.165) is 10.9 Å². The lowest BCUT2D eigenvalue weighted by Gasteiger charge is -2.14. The van der Waals surface area contributed by atoms with Crippen LogP contribution in [-0.2, 0) is 0 Å². The molecule has 2 rings (SSSR count). The molecule has 2 aromatic rings. The molecule has 1 atom stereocenters. The summed E-state index contributed by atoms with van der Waals surface area (Å²) in [5, 5.41) is 13.3. The number of anilines is 1. The Hall–Kier alpha value is -2.01. The summed E-state index contributed by atoms with van der Waals surface area (Å²) in [6.45, 7) is 4.05. The number of hydrogen-bond donors (Lipinski definition) is 4. The normalized spacial score (nSPS) is 12.8. The Morgan fingerprint density at radius 3 is 2.84 bits per heavy atom. The summed E-state index contributed by atoms with van der Waals surface area (Å²) in [6.07, 6.45) is -0.538. The van der Waals surface area contributed by atoms with Crippen LogP contribution < -0.4 is 11.1 Å². The summed E-state index contributed by atoms with van der Waals surface area (Å²) in [5.74, 6) is -0.114. The predicted molar refractivity (Wildman–Crippen MR) is 75.9 cm³/mol. The van der Waals surface area contributed by atoms with E-state index in [0.29, 0.717) is 11.4 Å². The highest BCUT2D eigenvalue weighted by Gasteiger charge is 2.13. The summed E-state index contributed by atoms with van der Waals surface area (Å²) >= 11 is 0. The number of nitrogens with two attached hydrogens (primary N) is 1. The van der Waals surface area contributed by atoms with Crippen molar-refractivity contribution in [3.63, 3.8) is 0 Å². The SMILES string of the molecule is CC(C)C(O)CNC(=O)c1cc2cc(N)ccc2[nH]1. The Balaban J connectivity index is 2.09. The van der Waals surface area contributed by atoms with Crippen molar-refractivity contribution in [2.45, 2.75) is 20.0 Å². The Kier molecular flexibility index (Phi) is 3.76. The van der Waals surface area contributed by atoms with Gasteiger partial charge in [0.05, 0.1) is 6.10 Å². The molecule has 0 spiro atoms. The maximum atomic E-state index is 11.9. The molecule has 1 aromatic heterocycles. The number of aliphatic hydroxyl groups excluding tert-OH is 1. The molecular weight excluding hydrogens is 242 g/mol. The molecule has 5 heteroatoms. The smallest absolute Gasteiger partial charge is 0.267 e. The Morgan fingerprint density at radius 1 is 1.42 bits per heavy atom. The molecule has 1 unspecified atom stereocenters. The lowest BCUT2D eigenvalue weighted by atomic mass is 10.1. The highest BCUT2D eigenvalue weighted by molar-refractivity contribution is 5.98. The van der Waals surface area contributed by atoms with E-state index in [4.69, 9.17) is 5.73 Å². The van der Waals surface area contributed by atoms with Gasteiger partial charge in [-0.1, -0.05) is 13.8 Å². The van der Waals surface area contributed by atoms with E-state index >= 15 is 0 Å². The summed E-state index contributed by atoms with van der Waals surface area (Å²) < 4.78 is 0. The molecule has 19 heavy (non-hydrogen) atoms. The molecule has 5 nitrogen and oxygen atoms in total. The topological polar surface area (TPSA) is 91.1 Å². The molecule has 1 amide bonds. The van der Waals surface area contributed by atoms with Gasteiger partial charge in [-0.25, -0.2) is 0 Å². The van der Waals surface area contributed by atoms with Gasteiger partial charge in [0.2, 0.25) is 0 Å². The van der Waals surface area contributed by atoms with Crippen molar-refractivity contribution in [1.82, 2.24) is 10.3 Å². The molecule has 0 aliphatic carbocycles. The number of fused-ring (bicyclic) bond motifs is 1. The molecule has 102 valence electrons. The fourth-order valence-electron chi connectivity index (χ4n) is 1.80. The van der Waals surface area contributed by atoms with Crippen LogP contribution in [0.4, 0.5) is 5.69 Å². The first-order valence-electron chi connectivity index (χ1n) is 6.32. The fraction of sp³-hybridized carbons (Fsp3) is 0.357. The average Bonchev–Trinajstić information content (AvgIpc) is 2.78. The zero-order chi connectivity index (χ0) is 14.0. The number of aromatic amines is 1. The molecule has 0 saturated carbocycles. The second-order valence-electron chi connectivity index (χ2n) is 5.05. The first kappa shape index (κ1) is 13.4. The van der Waals surface area contributed by atoms with Crippen molar-refractivity contribution < 1.29 is 9.90 Å². The summed E-state index contributed by atoms with van der Waals surface area (Å²) in [7, 11) is 0. The average molecular weight is 261 g/mol. The second kappa shape index (κ2) is 5.32. The van der Waals surface area contributed by atoms with E-state index in [1.807, 2.05) is 26.0 Å². The quantitative estimate of drug-likeness (QED) is 0.628. The number of nitrogens with one attached hydrogen (secondary N) is 2. The van der Waals surface area contributed by atoms with Gasteiger partial charge in [0.1, 0.15) is 5.69 Å². The number of hydrogen-bond acceptors (Lipinski definition) is 3. The van der Waals surface area contributed by atoms with Crippen LogP contribution in [-0.4, -0.2) is 28.6 Å². The van der Waals surface area contributed by atoms with Gasteiger partial charge in [-0.3, -0.25) is 4.79 Å². The van der Waals surface area contributed by atoms with Gasteiger partial charge in [-0.05, 0) is 30.2 Å². The number of benzene rings is 1. The minimum atomic E-state index is -0.538. The molecule has 0 aliphatic heterocycles. The van der Waals surface area contributed by atoms with E-state index in [1.165, 1.54) is 0 Å². The van der Waals surface area contributed by atoms with E-state index in [-0.39, 0.29) is 18.4 Å². The van der Waals surface area contributed by atoms with Gasteiger partial charge in [-0.2, -0.15) is 0 Å². The maximum Gasteiger partial charge on any atom is 0.267 e. The molecule has 5 N–H and O–H groups in total. The Bertz CT molecular complexity index is 589. The predicted octanol–water partition coefficient (Wildman–Crippen LogP) is 1.50. The zero-order valence-electron chi connectivity index (χ0n) is 11.1. The number of amides is 1. The van der Waals surface area contributed by atoms with Crippen molar-refractivity contribution in [3.05, 3.63) is 30.0 Å². The first-order valence-corrected chi connectivity index (χ1v) is 6.32. The standard InChI is InChI=1S/C14H19N3O2/c1-8(2)13(18)7-16-14(19)12-6-9-5-10(15)3-4-11(9)17-12/h3-6,8,13,17-18H,7,15H2,1-2H3,(H,16,19). The first-order chi connectivity index (χ1) is 8.97. The molecular formula is C14H19N3O2. The Morgan fingerprint density at radius 2 is 2.16 bits per heavy atom. The van der Waals surface area contributed by atoms with Gasteiger partial charge in [0.15, 0.2) is 0 Å². The lowest BCUT2D eigenvalue weighted by molar-refractivity contribution is 0.0868. The third-order valence-corrected chi connectivity index (χ3v) is 3.13. The van der Waals surface area contributed by atoms with Crippen LogP contribution in [0, 0.1) is 5.92 Å². The van der Waals surface area contributed by atoms with Crippen LogP contribution >= 0.6 is 0 Å². The van der Waals surface area contributed by atoms with Crippen LogP contribution in [0.3, 0.4) is 0 Å². The minimum absolute atomic E-state index is 0.114. The van der Waals surface area contributed by atoms with E-state index in [2.05, 4.69) is 10.3 Å². The summed E-state index contributed by atoms with van der Waals surface area (Å²) in [5.41, 5.74) is 7.69. The number of rotatable bonds is 4. The number of nitrogen functional groups attached to an aromatic ring is 1. The van der Waals surface area contributed by atoms with E-state index in [9.17, 15) is 9.90 Å². The zero-order valence-corrected chi connectivity index (χ0v) is 11.1. The second-order valence-corrected chi connectivity index (χ2v) is 5.05. The van der Waals surface area contributed by atoms with Crippen molar-refractivity contribution in [3.8, 4) is 0 Å². The van der Waals surface area contributed by atoms with Crippen LogP contribution in [0.5, 0.6) is 0 Å². The highest BCUT2D eigenvalue weighted by Crippen LogP contribution is 2.18. The molecule has 0 aliphatic rings. The molecule has 0 saturated heterocycles. The van der Waals surface area contributed by atoms with Crippen molar-refractivity contribution in [1.29, 1.82) is 0 Å². The lowest BCUT2D eigenvalue weighted by Crippen LogP contribution is -2.34. The number of aliphatic hydroxyl groups is 1. The van der Waals surface area contributed by atoms with Crippen molar-refractivity contribution >= 4 is 22.5 Å². The molecule has 0 bridgehead atoms. The van der Waals surface area contributed by atoms with Crippen LogP contribution in [0.1, 0.15) is 24.3 Å². The highest BCUT2D eigenvalue weighted by atomic mass is 16.3. The van der Waals surface area contributed by atoms with Gasteiger partial charge in [0, 0.05) is 23.1 Å². The summed E-state index contributed by atoms with van der Waals surface area (Å²) in [4.78, 5) is 15.0. The number of H-pyrrole nitrogens is 1.